The highest BCUT2D eigenvalue weighted by atomic mass is 35.5. The molecule has 0 aliphatic carbocycles. The molecule has 0 radical (unpaired) electrons. The molecule has 10 heteroatoms. The van der Waals surface area contributed by atoms with E-state index in [4.69, 9.17) is 11.6 Å². The number of aromatic nitrogens is 2. The van der Waals surface area contributed by atoms with E-state index in [0.717, 1.165) is 17.7 Å². The van der Waals surface area contributed by atoms with E-state index in [1.165, 1.54) is 12.3 Å². The lowest BCUT2D eigenvalue weighted by Gasteiger charge is -2.32. The number of hydrogen-bond donors (Lipinski definition) is 2. The number of likely N-dealkylation sites (tertiary alicyclic amines) is 1. The predicted molar refractivity (Wildman–Crippen MR) is 125 cm³/mol. The Bertz CT molecular complexity index is 1230. The quantitative estimate of drug-likeness (QED) is 0.533. The van der Waals surface area contributed by atoms with Gasteiger partial charge in [0.15, 0.2) is 0 Å². The molecular formula is C25H23ClF2N4O3. The lowest BCUT2D eigenvalue weighted by molar-refractivity contribution is -0.131. The van der Waals surface area contributed by atoms with Crippen LogP contribution in [0.25, 0.3) is 0 Å². The number of amides is 2. The van der Waals surface area contributed by atoms with Gasteiger partial charge in [0.1, 0.15) is 11.6 Å². The minimum absolute atomic E-state index is 0.204. The topological polar surface area (TPSA) is 95.4 Å². The second-order valence-corrected chi connectivity index (χ2v) is 8.75. The van der Waals surface area contributed by atoms with Gasteiger partial charge in [-0.2, -0.15) is 4.98 Å². The fraction of sp³-hybridized carbons (Fsp3) is 0.280. The summed E-state index contributed by atoms with van der Waals surface area (Å²) in [5.74, 6) is -2.48. The number of carbonyl (C=O) groups is 2. The summed E-state index contributed by atoms with van der Waals surface area (Å²) in [5, 5.41) is 13.2. The van der Waals surface area contributed by atoms with Crippen LogP contribution in [0.5, 0.6) is 6.01 Å². The smallest absolute Gasteiger partial charge is 0.314 e. The molecular weight excluding hydrogens is 478 g/mol. The third-order valence-electron chi connectivity index (χ3n) is 6.02. The number of piperidine rings is 1. The first kappa shape index (κ1) is 24.5. The standard InChI is InChI=1S/C25H23ClF2N4O3/c26-17-4-1-3-15(11-17)13-29-24(34)19-14-30-25(35)31-23(19)16-7-9-32(10-8-16)22(33)12-18-20(27)5-2-6-21(18)28/h1-6,11,14,16H,7-10,12-13H2,(H,29,34)(H,30,31,35). The third-order valence-corrected chi connectivity index (χ3v) is 6.25. The van der Waals surface area contributed by atoms with Crippen molar-refractivity contribution in [3.05, 3.63) is 87.7 Å². The summed E-state index contributed by atoms with van der Waals surface area (Å²) in [5.41, 5.74) is 1.21. The molecule has 0 atom stereocenters. The van der Waals surface area contributed by atoms with Crippen LogP contribution in [0.15, 0.2) is 48.7 Å². The van der Waals surface area contributed by atoms with Gasteiger partial charge >= 0.3 is 6.01 Å². The molecule has 1 aliphatic rings. The minimum atomic E-state index is -0.752. The molecule has 35 heavy (non-hydrogen) atoms. The monoisotopic (exact) mass is 500 g/mol. The molecule has 2 heterocycles. The molecule has 1 fully saturated rings. The van der Waals surface area contributed by atoms with Gasteiger partial charge in [-0.3, -0.25) is 9.59 Å². The van der Waals surface area contributed by atoms with E-state index < -0.39 is 23.6 Å². The summed E-state index contributed by atoms with van der Waals surface area (Å²) in [4.78, 5) is 34.9. The number of benzene rings is 2. The first-order chi connectivity index (χ1) is 16.8. The molecule has 1 saturated heterocycles. The Labute approximate surface area is 205 Å². The molecule has 2 amide bonds. The lowest BCUT2D eigenvalue weighted by atomic mass is 9.90. The van der Waals surface area contributed by atoms with Gasteiger partial charge in [0.05, 0.1) is 17.7 Å². The first-order valence-electron chi connectivity index (χ1n) is 11.1. The van der Waals surface area contributed by atoms with E-state index in [0.29, 0.717) is 36.6 Å². The van der Waals surface area contributed by atoms with Crippen LogP contribution in [0.4, 0.5) is 8.78 Å². The van der Waals surface area contributed by atoms with Crippen LogP contribution in [-0.2, 0) is 17.8 Å². The van der Waals surface area contributed by atoms with Crippen molar-refractivity contribution in [3.8, 4) is 6.01 Å². The average Bonchev–Trinajstić information content (AvgIpc) is 2.85. The van der Waals surface area contributed by atoms with E-state index >= 15 is 0 Å². The average molecular weight is 501 g/mol. The Morgan fingerprint density at radius 1 is 1.11 bits per heavy atom. The molecule has 182 valence electrons. The summed E-state index contributed by atoms with van der Waals surface area (Å²) in [6, 6.07) is 10.2. The molecule has 3 aromatic rings. The normalized spacial score (nSPS) is 14.1. The molecule has 4 rings (SSSR count). The SMILES string of the molecule is O=C(NCc1cccc(Cl)c1)c1cnc(O)nc1C1CCN(C(=O)Cc2c(F)cccc2F)CC1. The highest BCUT2D eigenvalue weighted by Gasteiger charge is 2.29. The molecule has 2 aromatic carbocycles. The largest absolute Gasteiger partial charge is 0.479 e. The Morgan fingerprint density at radius 3 is 2.49 bits per heavy atom. The fourth-order valence-corrected chi connectivity index (χ4v) is 4.38. The van der Waals surface area contributed by atoms with Crippen LogP contribution in [0, 0.1) is 11.6 Å². The predicted octanol–water partition coefficient (Wildman–Crippen LogP) is 3.99. The summed E-state index contributed by atoms with van der Waals surface area (Å²) < 4.78 is 27.8. The molecule has 0 unspecified atom stereocenters. The van der Waals surface area contributed by atoms with Crippen LogP contribution in [0.3, 0.4) is 0 Å². The van der Waals surface area contributed by atoms with Crippen molar-refractivity contribution in [2.75, 3.05) is 13.1 Å². The van der Waals surface area contributed by atoms with Crippen molar-refractivity contribution in [1.82, 2.24) is 20.2 Å². The van der Waals surface area contributed by atoms with Gasteiger partial charge in [0.2, 0.25) is 5.91 Å². The maximum absolute atomic E-state index is 13.9. The van der Waals surface area contributed by atoms with Gasteiger partial charge in [-0.1, -0.05) is 29.8 Å². The Kier molecular flexibility index (Phi) is 7.55. The number of nitrogens with one attached hydrogen (secondary N) is 1. The zero-order valence-electron chi connectivity index (χ0n) is 18.7. The van der Waals surface area contributed by atoms with Crippen molar-refractivity contribution < 1.29 is 23.5 Å². The lowest BCUT2D eigenvalue weighted by Crippen LogP contribution is -2.39. The van der Waals surface area contributed by atoms with E-state index in [9.17, 15) is 23.5 Å². The maximum Gasteiger partial charge on any atom is 0.314 e. The second kappa shape index (κ2) is 10.8. The second-order valence-electron chi connectivity index (χ2n) is 8.31. The molecule has 2 N–H and O–H groups in total. The van der Waals surface area contributed by atoms with Crippen molar-refractivity contribution in [3.63, 3.8) is 0 Å². The highest BCUT2D eigenvalue weighted by Crippen LogP contribution is 2.30. The van der Waals surface area contributed by atoms with Crippen molar-refractivity contribution in [1.29, 1.82) is 0 Å². The first-order valence-corrected chi connectivity index (χ1v) is 11.5. The van der Waals surface area contributed by atoms with Crippen LogP contribution in [0.2, 0.25) is 5.02 Å². The van der Waals surface area contributed by atoms with Crippen LogP contribution < -0.4 is 5.32 Å². The Hall–Kier alpha value is -3.59. The van der Waals surface area contributed by atoms with Gasteiger partial charge in [-0.05, 0) is 42.7 Å². The molecule has 0 bridgehead atoms. The minimum Gasteiger partial charge on any atom is -0.479 e. The summed E-state index contributed by atoms with van der Waals surface area (Å²) in [7, 11) is 0. The van der Waals surface area contributed by atoms with E-state index in [1.807, 2.05) is 6.07 Å². The zero-order valence-corrected chi connectivity index (χ0v) is 19.4. The van der Waals surface area contributed by atoms with E-state index in [2.05, 4.69) is 15.3 Å². The number of carbonyl (C=O) groups excluding carboxylic acids is 2. The third kappa shape index (κ3) is 5.92. The zero-order chi connectivity index (χ0) is 24.9. The van der Waals surface area contributed by atoms with Gasteiger partial charge < -0.3 is 15.3 Å². The number of aromatic hydroxyl groups is 1. The van der Waals surface area contributed by atoms with E-state index in [-0.39, 0.29) is 35.9 Å². The van der Waals surface area contributed by atoms with Crippen LogP contribution >= 0.6 is 11.6 Å². The van der Waals surface area contributed by atoms with Gasteiger partial charge in [0.25, 0.3) is 5.91 Å². The fourth-order valence-electron chi connectivity index (χ4n) is 4.16. The van der Waals surface area contributed by atoms with E-state index in [1.54, 1.807) is 23.1 Å². The summed E-state index contributed by atoms with van der Waals surface area (Å²) >= 11 is 5.99. The van der Waals surface area contributed by atoms with Crippen LogP contribution in [-0.4, -0.2) is 44.9 Å². The van der Waals surface area contributed by atoms with Gasteiger partial charge in [0, 0.05) is 42.3 Å². The molecule has 1 aromatic heterocycles. The number of rotatable bonds is 6. The van der Waals surface area contributed by atoms with Crippen LogP contribution in [0.1, 0.15) is 45.9 Å². The summed E-state index contributed by atoms with van der Waals surface area (Å²) in [6.07, 6.45) is 1.85. The summed E-state index contributed by atoms with van der Waals surface area (Å²) in [6.45, 7) is 0.904. The Morgan fingerprint density at radius 2 is 1.80 bits per heavy atom. The Balaban J connectivity index is 1.41. The highest BCUT2D eigenvalue weighted by molar-refractivity contribution is 6.30. The van der Waals surface area contributed by atoms with Crippen molar-refractivity contribution in [2.45, 2.75) is 31.7 Å². The number of halogens is 3. The van der Waals surface area contributed by atoms with Gasteiger partial charge in [-0.25, -0.2) is 13.8 Å². The van der Waals surface area contributed by atoms with Crippen molar-refractivity contribution in [2.24, 2.45) is 0 Å². The number of nitrogens with zero attached hydrogens (tertiary/aromatic N) is 3. The number of hydrogen-bond acceptors (Lipinski definition) is 5. The molecule has 1 aliphatic heterocycles. The van der Waals surface area contributed by atoms with Crippen molar-refractivity contribution >= 4 is 23.4 Å². The molecule has 0 spiro atoms. The maximum atomic E-state index is 13.9. The van der Waals surface area contributed by atoms with Gasteiger partial charge in [-0.15, -0.1) is 0 Å². The molecule has 7 nitrogen and oxygen atoms in total. The molecule has 0 saturated carbocycles.